The lowest BCUT2D eigenvalue weighted by atomic mass is 10.1. The van der Waals surface area contributed by atoms with Crippen molar-refractivity contribution in [1.29, 1.82) is 0 Å². The Balaban J connectivity index is 1.67. The number of nitro groups is 1. The molecule has 0 amide bonds. The van der Waals surface area contributed by atoms with Gasteiger partial charge in [-0.15, -0.1) is 0 Å². The molecule has 0 aliphatic heterocycles. The normalized spacial score (nSPS) is 11.6. The Kier molecular flexibility index (Phi) is 5.29. The number of nitrogens with zero attached hydrogens (tertiary/aromatic N) is 6. The number of benzene rings is 2. The van der Waals surface area contributed by atoms with Crippen LogP contribution in [0.5, 0.6) is 0 Å². The average molecular weight is 517 g/mol. The van der Waals surface area contributed by atoms with E-state index in [4.69, 9.17) is 0 Å². The molecule has 3 aromatic heterocycles. The minimum absolute atomic E-state index is 0.0788. The van der Waals surface area contributed by atoms with Gasteiger partial charge in [-0.05, 0) is 44.2 Å². The van der Waals surface area contributed by atoms with Gasteiger partial charge in [0.2, 0.25) is 0 Å². The van der Waals surface area contributed by atoms with Crippen LogP contribution >= 0.6 is 15.9 Å². The van der Waals surface area contributed by atoms with Gasteiger partial charge in [-0.25, -0.2) is 9.97 Å². The van der Waals surface area contributed by atoms with Gasteiger partial charge in [0.15, 0.2) is 0 Å². The maximum atomic E-state index is 13.1. The molecule has 9 nitrogen and oxygen atoms in total. The Hall–Kier alpha value is -4.18. The summed E-state index contributed by atoms with van der Waals surface area (Å²) in [6.07, 6.45) is 2.87. The third-order valence-electron chi connectivity index (χ3n) is 5.60. The van der Waals surface area contributed by atoms with Crippen LogP contribution in [0.3, 0.4) is 0 Å². The molecule has 0 bridgehead atoms. The van der Waals surface area contributed by atoms with Crippen molar-refractivity contribution in [3.05, 3.63) is 103 Å². The van der Waals surface area contributed by atoms with E-state index in [2.05, 4.69) is 31.0 Å². The predicted octanol–water partition coefficient (Wildman–Crippen LogP) is 4.91. The van der Waals surface area contributed by atoms with Crippen molar-refractivity contribution in [3.8, 4) is 5.82 Å². The minimum atomic E-state index is -0.480. The van der Waals surface area contributed by atoms with Crippen LogP contribution in [0.4, 0.5) is 5.69 Å². The highest BCUT2D eigenvalue weighted by atomic mass is 79.9. The van der Waals surface area contributed by atoms with Gasteiger partial charge in [0.1, 0.15) is 17.8 Å². The highest BCUT2D eigenvalue weighted by molar-refractivity contribution is 9.10. The highest BCUT2D eigenvalue weighted by Crippen LogP contribution is 2.28. The van der Waals surface area contributed by atoms with Gasteiger partial charge in [0.25, 0.3) is 11.2 Å². The van der Waals surface area contributed by atoms with E-state index in [0.29, 0.717) is 22.5 Å². The predicted molar refractivity (Wildman–Crippen MR) is 134 cm³/mol. The van der Waals surface area contributed by atoms with E-state index in [9.17, 15) is 14.9 Å². The Labute approximate surface area is 201 Å². The molecule has 5 rings (SSSR count). The Morgan fingerprint density at radius 3 is 2.62 bits per heavy atom. The summed E-state index contributed by atoms with van der Waals surface area (Å²) in [5.74, 6) is 1.01. The maximum Gasteiger partial charge on any atom is 0.287 e. The third-order valence-corrected chi connectivity index (χ3v) is 6.10. The Morgan fingerprint density at radius 2 is 1.88 bits per heavy atom. The van der Waals surface area contributed by atoms with Gasteiger partial charge in [-0.3, -0.25) is 19.5 Å². The zero-order chi connectivity index (χ0) is 24.0. The van der Waals surface area contributed by atoms with Gasteiger partial charge < -0.3 is 0 Å². The fraction of sp³-hybridized carbons (Fsp3) is 0.0833. The minimum Gasteiger partial charge on any atom is -0.298 e. The molecule has 168 valence electrons. The van der Waals surface area contributed by atoms with E-state index in [-0.39, 0.29) is 11.2 Å². The number of aromatic nitrogens is 4. The molecular formula is C24H17BrN6O3. The first-order chi connectivity index (χ1) is 16.3. The second-order valence-electron chi connectivity index (χ2n) is 7.67. The van der Waals surface area contributed by atoms with Crippen LogP contribution in [0.15, 0.2) is 75.2 Å². The fourth-order valence-corrected chi connectivity index (χ4v) is 4.34. The van der Waals surface area contributed by atoms with Gasteiger partial charge in [0.05, 0.1) is 27.6 Å². The van der Waals surface area contributed by atoms with Crippen molar-refractivity contribution < 1.29 is 4.92 Å². The van der Waals surface area contributed by atoms with Gasteiger partial charge in [0, 0.05) is 27.2 Å². The van der Waals surface area contributed by atoms with Crippen molar-refractivity contribution >= 4 is 49.6 Å². The molecule has 0 fully saturated rings. The van der Waals surface area contributed by atoms with Crippen LogP contribution in [0.25, 0.3) is 27.6 Å². The molecule has 0 aliphatic carbocycles. The second kappa shape index (κ2) is 8.31. The van der Waals surface area contributed by atoms with Crippen molar-refractivity contribution in [2.75, 3.05) is 0 Å². The van der Waals surface area contributed by atoms with Crippen molar-refractivity contribution in [1.82, 2.24) is 19.2 Å². The molecule has 0 unspecified atom stereocenters. The zero-order valence-corrected chi connectivity index (χ0v) is 19.7. The molecule has 0 radical (unpaired) electrons. The van der Waals surface area contributed by atoms with Crippen LogP contribution in [0, 0.1) is 24.0 Å². The van der Waals surface area contributed by atoms with E-state index in [0.717, 1.165) is 26.6 Å². The SMILES string of the molecule is Cc1nc2ccc(Br)cc2c(=O)n1N=Cc1c(C)n(-c2ccc([N+](=O)[O-])cn2)c2ccccc12. The van der Waals surface area contributed by atoms with E-state index in [1.807, 2.05) is 41.8 Å². The van der Waals surface area contributed by atoms with Crippen molar-refractivity contribution in [2.24, 2.45) is 5.10 Å². The molecule has 0 aliphatic rings. The number of halogens is 1. The second-order valence-corrected chi connectivity index (χ2v) is 8.58. The fourth-order valence-electron chi connectivity index (χ4n) is 3.98. The van der Waals surface area contributed by atoms with Gasteiger partial charge in [-0.2, -0.15) is 9.78 Å². The zero-order valence-electron chi connectivity index (χ0n) is 18.1. The van der Waals surface area contributed by atoms with E-state index in [1.54, 1.807) is 31.3 Å². The first kappa shape index (κ1) is 21.7. The molecule has 0 N–H and O–H groups in total. The summed E-state index contributed by atoms with van der Waals surface area (Å²) in [4.78, 5) is 32.4. The summed E-state index contributed by atoms with van der Waals surface area (Å²) < 4.78 is 3.98. The molecule has 0 saturated carbocycles. The molecule has 0 spiro atoms. The highest BCUT2D eigenvalue weighted by Gasteiger charge is 2.16. The number of fused-ring (bicyclic) bond motifs is 2. The van der Waals surface area contributed by atoms with E-state index >= 15 is 0 Å². The Morgan fingerprint density at radius 1 is 1.09 bits per heavy atom. The van der Waals surface area contributed by atoms with Gasteiger partial charge in [-0.1, -0.05) is 34.1 Å². The monoisotopic (exact) mass is 516 g/mol. The summed E-state index contributed by atoms with van der Waals surface area (Å²) in [7, 11) is 0. The number of hydrogen-bond donors (Lipinski definition) is 0. The van der Waals surface area contributed by atoms with Gasteiger partial charge >= 0.3 is 0 Å². The number of hydrogen-bond acceptors (Lipinski definition) is 6. The molecule has 3 heterocycles. The summed E-state index contributed by atoms with van der Waals surface area (Å²) in [6.45, 7) is 3.65. The first-order valence-corrected chi connectivity index (χ1v) is 11.1. The molecule has 2 aromatic carbocycles. The third kappa shape index (κ3) is 3.57. The number of aryl methyl sites for hydroxylation is 1. The molecule has 10 heteroatoms. The molecule has 5 aromatic rings. The lowest BCUT2D eigenvalue weighted by Gasteiger charge is -2.07. The van der Waals surface area contributed by atoms with Crippen LogP contribution in [-0.4, -0.2) is 30.3 Å². The molecule has 0 saturated heterocycles. The summed E-state index contributed by atoms with van der Waals surface area (Å²) in [5, 5.41) is 16.9. The van der Waals surface area contributed by atoms with Crippen LogP contribution in [-0.2, 0) is 0 Å². The average Bonchev–Trinajstić information content (AvgIpc) is 3.11. The summed E-state index contributed by atoms with van der Waals surface area (Å²) >= 11 is 3.40. The summed E-state index contributed by atoms with van der Waals surface area (Å²) in [6, 6.07) is 16.1. The summed E-state index contributed by atoms with van der Waals surface area (Å²) in [5.41, 5.74) is 2.76. The van der Waals surface area contributed by atoms with Crippen LogP contribution < -0.4 is 5.56 Å². The maximum absolute atomic E-state index is 13.1. The lowest BCUT2D eigenvalue weighted by molar-refractivity contribution is -0.385. The smallest absolute Gasteiger partial charge is 0.287 e. The topological polar surface area (TPSA) is 108 Å². The van der Waals surface area contributed by atoms with Crippen LogP contribution in [0.2, 0.25) is 0 Å². The number of pyridine rings is 1. The first-order valence-electron chi connectivity index (χ1n) is 10.3. The number of rotatable bonds is 4. The number of para-hydroxylation sites is 1. The quantitative estimate of drug-likeness (QED) is 0.191. The molecule has 34 heavy (non-hydrogen) atoms. The Bertz CT molecular complexity index is 1690. The van der Waals surface area contributed by atoms with Crippen molar-refractivity contribution in [2.45, 2.75) is 13.8 Å². The van der Waals surface area contributed by atoms with Crippen LogP contribution in [0.1, 0.15) is 17.1 Å². The van der Waals surface area contributed by atoms with E-state index < -0.39 is 4.92 Å². The lowest BCUT2D eigenvalue weighted by Crippen LogP contribution is -2.20. The standard InChI is InChI=1S/C24H17BrN6O3/c1-14-20(13-27-30-15(2)28-21-9-7-16(25)11-19(21)24(30)32)18-5-3-4-6-22(18)29(14)23-10-8-17(12-26-23)31(33)34/h3-13H,1-2H3. The molecular weight excluding hydrogens is 500 g/mol. The van der Waals surface area contributed by atoms with Crippen molar-refractivity contribution in [3.63, 3.8) is 0 Å². The molecule has 0 atom stereocenters. The van der Waals surface area contributed by atoms with E-state index in [1.165, 1.54) is 16.9 Å². The largest absolute Gasteiger partial charge is 0.298 e.